The van der Waals surface area contributed by atoms with Gasteiger partial charge >= 0.3 is 6.18 Å². The van der Waals surface area contributed by atoms with Gasteiger partial charge in [0.05, 0.1) is 10.5 Å². The molecule has 0 bridgehead atoms. The van der Waals surface area contributed by atoms with Crippen LogP contribution in [0.2, 0.25) is 0 Å². The summed E-state index contributed by atoms with van der Waals surface area (Å²) in [6.07, 6.45) is -4.24. The van der Waals surface area contributed by atoms with E-state index in [2.05, 4.69) is 0 Å². The minimum absolute atomic E-state index is 0.132. The molecule has 0 saturated carbocycles. The van der Waals surface area contributed by atoms with Crippen LogP contribution in [0.15, 0.2) is 35.2 Å². The molecule has 0 spiro atoms. The predicted octanol–water partition coefficient (Wildman–Crippen LogP) is 4.41. The number of carbonyl (C=O) groups excluding carboxylic acids is 1. The fourth-order valence-electron chi connectivity index (χ4n) is 3.69. The van der Waals surface area contributed by atoms with Crippen LogP contribution in [0.3, 0.4) is 0 Å². The first-order valence-electron chi connectivity index (χ1n) is 9.91. The number of halogens is 3. The minimum atomic E-state index is -4.39. The zero-order valence-corrected chi connectivity index (χ0v) is 19.2. The van der Waals surface area contributed by atoms with Crippen LogP contribution in [0, 0.1) is 13.8 Å². The average Bonchev–Trinajstić information content (AvgIpc) is 3.06. The molecule has 1 aliphatic rings. The molecule has 5 nitrogen and oxygen atoms in total. The Morgan fingerprint density at radius 2 is 1.68 bits per heavy atom. The third-order valence-electron chi connectivity index (χ3n) is 5.49. The van der Waals surface area contributed by atoms with E-state index in [1.807, 2.05) is 6.92 Å². The van der Waals surface area contributed by atoms with Gasteiger partial charge in [0.25, 0.3) is 0 Å². The molecule has 1 fully saturated rings. The lowest BCUT2D eigenvalue weighted by molar-refractivity contribution is -0.137. The van der Waals surface area contributed by atoms with E-state index >= 15 is 0 Å². The molecular formula is C21H25F3N2O3S2. The predicted molar refractivity (Wildman–Crippen MR) is 114 cm³/mol. The molecule has 0 N–H and O–H groups in total. The maximum atomic E-state index is 12.9. The van der Waals surface area contributed by atoms with Gasteiger partial charge in [-0.05, 0) is 43.5 Å². The van der Waals surface area contributed by atoms with Crippen LogP contribution in [-0.2, 0) is 21.0 Å². The standard InChI is InChI=1S/C21H25F3N2O3S2/c1-14(17-4-6-18(7-5-17)21(22,23)24)12-20(27)25-8-10-26(11-9-25)31(28,29)19-13-15(2)30-16(19)3/h4-7,13-14H,8-12H2,1-3H3. The zero-order chi connectivity index (χ0) is 23.0. The van der Waals surface area contributed by atoms with Gasteiger partial charge < -0.3 is 4.90 Å². The summed E-state index contributed by atoms with van der Waals surface area (Å²) < 4.78 is 65.4. The number of alkyl halides is 3. The summed E-state index contributed by atoms with van der Waals surface area (Å²) in [4.78, 5) is 16.3. The summed E-state index contributed by atoms with van der Waals surface area (Å²) in [6.45, 7) is 6.47. The smallest absolute Gasteiger partial charge is 0.340 e. The molecule has 1 aliphatic heterocycles. The molecule has 1 atom stereocenters. The lowest BCUT2D eigenvalue weighted by atomic mass is 9.96. The molecule has 1 saturated heterocycles. The number of sulfonamides is 1. The number of aryl methyl sites for hydroxylation is 2. The van der Waals surface area contributed by atoms with E-state index in [0.717, 1.165) is 21.9 Å². The third kappa shape index (κ3) is 5.30. The Balaban J connectivity index is 1.58. The van der Waals surface area contributed by atoms with Crippen molar-refractivity contribution in [3.8, 4) is 0 Å². The van der Waals surface area contributed by atoms with Crippen molar-refractivity contribution in [1.82, 2.24) is 9.21 Å². The van der Waals surface area contributed by atoms with Gasteiger partial charge in [0, 0.05) is 42.4 Å². The molecule has 2 heterocycles. The minimum Gasteiger partial charge on any atom is -0.340 e. The number of thiophene rings is 1. The SMILES string of the molecule is Cc1cc(S(=O)(=O)N2CCN(C(=O)CC(C)c3ccc(C(F)(F)F)cc3)CC2)c(C)s1. The van der Waals surface area contributed by atoms with E-state index in [1.165, 1.54) is 27.8 Å². The summed E-state index contributed by atoms with van der Waals surface area (Å²) in [7, 11) is -3.59. The molecule has 1 aromatic carbocycles. The highest BCUT2D eigenvalue weighted by Crippen LogP contribution is 2.31. The first-order chi connectivity index (χ1) is 14.4. The van der Waals surface area contributed by atoms with Crippen molar-refractivity contribution < 1.29 is 26.4 Å². The third-order valence-corrected chi connectivity index (χ3v) is 8.61. The number of carbonyl (C=O) groups is 1. The van der Waals surface area contributed by atoms with E-state index < -0.39 is 21.8 Å². The number of rotatable bonds is 5. The van der Waals surface area contributed by atoms with E-state index in [1.54, 1.807) is 24.8 Å². The first-order valence-corrected chi connectivity index (χ1v) is 12.2. The van der Waals surface area contributed by atoms with Crippen molar-refractivity contribution in [2.45, 2.75) is 44.2 Å². The molecule has 1 amide bonds. The van der Waals surface area contributed by atoms with E-state index in [-0.39, 0.29) is 31.3 Å². The highest BCUT2D eigenvalue weighted by atomic mass is 32.2. The van der Waals surface area contributed by atoms with Gasteiger partial charge in [-0.25, -0.2) is 8.42 Å². The van der Waals surface area contributed by atoms with Gasteiger partial charge in [-0.3, -0.25) is 4.79 Å². The summed E-state index contributed by atoms with van der Waals surface area (Å²) in [5.41, 5.74) is -0.0611. The van der Waals surface area contributed by atoms with Crippen molar-refractivity contribution >= 4 is 27.3 Å². The Kier molecular flexibility index (Phi) is 6.83. The Morgan fingerprint density at radius 3 is 2.16 bits per heavy atom. The topological polar surface area (TPSA) is 57.7 Å². The molecule has 1 aromatic heterocycles. The lowest BCUT2D eigenvalue weighted by Gasteiger charge is -2.34. The van der Waals surface area contributed by atoms with Crippen LogP contribution >= 0.6 is 11.3 Å². The first kappa shape index (κ1) is 23.7. The molecule has 0 radical (unpaired) electrons. The number of amides is 1. The Hall–Kier alpha value is -1.91. The van der Waals surface area contributed by atoms with Crippen molar-refractivity contribution in [3.05, 3.63) is 51.2 Å². The molecule has 3 rings (SSSR count). The van der Waals surface area contributed by atoms with Crippen LogP contribution in [0.1, 0.15) is 40.1 Å². The Labute approximate surface area is 184 Å². The average molecular weight is 475 g/mol. The van der Waals surface area contributed by atoms with Gasteiger partial charge in [0.15, 0.2) is 0 Å². The highest BCUT2D eigenvalue weighted by molar-refractivity contribution is 7.89. The number of hydrogen-bond donors (Lipinski definition) is 0. The van der Waals surface area contributed by atoms with Gasteiger partial charge in [0.2, 0.25) is 15.9 Å². The van der Waals surface area contributed by atoms with Crippen LogP contribution in [0.5, 0.6) is 0 Å². The lowest BCUT2D eigenvalue weighted by Crippen LogP contribution is -2.50. The van der Waals surface area contributed by atoms with Gasteiger partial charge in [-0.2, -0.15) is 17.5 Å². The van der Waals surface area contributed by atoms with Crippen LogP contribution in [0.25, 0.3) is 0 Å². The van der Waals surface area contributed by atoms with Gasteiger partial charge in [-0.15, -0.1) is 11.3 Å². The normalized spacial score (nSPS) is 17.0. The molecule has 31 heavy (non-hydrogen) atoms. The Bertz CT molecular complexity index is 1040. The quantitative estimate of drug-likeness (QED) is 0.645. The molecule has 1 unspecified atom stereocenters. The highest BCUT2D eigenvalue weighted by Gasteiger charge is 2.33. The molecule has 10 heteroatoms. The van der Waals surface area contributed by atoms with E-state index in [0.29, 0.717) is 23.5 Å². The number of hydrogen-bond acceptors (Lipinski definition) is 4. The second-order valence-corrected chi connectivity index (χ2v) is 11.2. The summed E-state index contributed by atoms with van der Waals surface area (Å²) in [5, 5.41) is 0. The van der Waals surface area contributed by atoms with Crippen molar-refractivity contribution in [2.75, 3.05) is 26.2 Å². The molecular weight excluding hydrogens is 449 g/mol. The fraction of sp³-hybridized carbons (Fsp3) is 0.476. The van der Waals surface area contributed by atoms with Crippen molar-refractivity contribution in [1.29, 1.82) is 0 Å². The summed E-state index contributed by atoms with van der Waals surface area (Å²) in [5.74, 6) is -0.375. The van der Waals surface area contributed by atoms with Crippen molar-refractivity contribution in [2.24, 2.45) is 0 Å². The maximum absolute atomic E-state index is 12.9. The monoisotopic (exact) mass is 474 g/mol. The number of piperazine rings is 1. The van der Waals surface area contributed by atoms with Gasteiger partial charge in [0.1, 0.15) is 0 Å². The summed E-state index contributed by atoms with van der Waals surface area (Å²) in [6, 6.07) is 6.52. The summed E-state index contributed by atoms with van der Waals surface area (Å²) >= 11 is 1.44. The molecule has 170 valence electrons. The van der Waals surface area contributed by atoms with Crippen molar-refractivity contribution in [3.63, 3.8) is 0 Å². The van der Waals surface area contributed by atoms with Crippen LogP contribution < -0.4 is 0 Å². The van der Waals surface area contributed by atoms with Gasteiger partial charge in [-0.1, -0.05) is 19.1 Å². The number of benzene rings is 1. The number of nitrogens with zero attached hydrogens (tertiary/aromatic N) is 2. The maximum Gasteiger partial charge on any atom is 0.416 e. The molecule has 2 aromatic rings. The largest absolute Gasteiger partial charge is 0.416 e. The Morgan fingerprint density at radius 1 is 1.10 bits per heavy atom. The van der Waals surface area contributed by atoms with E-state index in [4.69, 9.17) is 0 Å². The van der Waals surface area contributed by atoms with E-state index in [9.17, 15) is 26.4 Å². The second kappa shape index (κ2) is 8.91. The zero-order valence-electron chi connectivity index (χ0n) is 17.6. The molecule has 0 aliphatic carbocycles. The van der Waals surface area contributed by atoms with Crippen LogP contribution in [-0.4, -0.2) is 49.7 Å². The second-order valence-electron chi connectivity index (χ2n) is 7.79. The van der Waals surface area contributed by atoms with Crippen LogP contribution in [0.4, 0.5) is 13.2 Å². The fourth-order valence-corrected chi connectivity index (χ4v) is 6.64.